The van der Waals surface area contributed by atoms with E-state index in [1.807, 2.05) is 0 Å². The molecule has 1 aliphatic rings. The third-order valence-corrected chi connectivity index (χ3v) is 0.753. The van der Waals surface area contributed by atoms with E-state index < -0.39 is 36.7 Å². The molecule has 0 radical (unpaired) electrons. The van der Waals surface area contributed by atoms with Crippen molar-refractivity contribution >= 4 is 5.78 Å². The molecule has 0 aromatic carbocycles. The topological polar surface area (TPSA) is 17.1 Å². The highest BCUT2D eigenvalue weighted by atomic mass is 16.1. The van der Waals surface area contributed by atoms with Gasteiger partial charge in [0, 0.05) is 10.5 Å². The van der Waals surface area contributed by atoms with Crippen molar-refractivity contribution in [3.63, 3.8) is 0 Å². The number of ketones is 1. The predicted octanol–water partition coefficient (Wildman–Crippen LogP) is 1.46. The van der Waals surface area contributed by atoms with Gasteiger partial charge in [-0.15, -0.1) is 0 Å². The molecule has 0 spiro atoms. The van der Waals surface area contributed by atoms with Gasteiger partial charge in [0.1, 0.15) is 0 Å². The fourth-order valence-corrected chi connectivity index (χ4v) is 0.389. The molecule has 1 rings (SSSR count). The second-order valence-electron chi connectivity index (χ2n) is 1.40. The first-order valence-electron chi connectivity index (χ1n) is 5.16. The van der Waals surface area contributed by atoms with E-state index in [0.29, 0.717) is 0 Å². The van der Waals surface area contributed by atoms with Crippen LogP contribution in [0.1, 0.15) is 21.5 Å². The average Bonchev–Trinajstić information content (AvgIpc) is 1.97. The molecule has 0 N–H and O–H groups in total. The molecule has 0 saturated heterocycles. The Morgan fingerprint density at radius 2 is 2.75 bits per heavy atom. The Morgan fingerprint density at radius 3 is 3.50 bits per heavy atom. The molecule has 0 aliphatic heterocycles. The largest absolute Gasteiger partial charge is 0.295 e. The van der Waals surface area contributed by atoms with Crippen LogP contribution in [0.3, 0.4) is 0 Å². The number of allylic oxidation sites excluding steroid dienone is 4. The molecular formula is C7H8O. The van der Waals surface area contributed by atoms with Crippen molar-refractivity contribution in [3.8, 4) is 0 Å². The van der Waals surface area contributed by atoms with E-state index in [2.05, 4.69) is 0 Å². The maximum absolute atomic E-state index is 11.0. The molecule has 0 saturated carbocycles. The molecule has 0 atom stereocenters. The smallest absolute Gasteiger partial charge is 0.159 e. The van der Waals surface area contributed by atoms with Crippen LogP contribution in [0.25, 0.3) is 0 Å². The van der Waals surface area contributed by atoms with E-state index in [9.17, 15) is 4.79 Å². The third-order valence-electron chi connectivity index (χ3n) is 0.753. The van der Waals surface area contributed by atoms with Gasteiger partial charge in [-0.3, -0.25) is 4.79 Å². The highest BCUT2D eigenvalue weighted by Gasteiger charge is 1.97. The van der Waals surface area contributed by atoms with Crippen molar-refractivity contribution in [1.82, 2.24) is 0 Å². The fourth-order valence-electron chi connectivity index (χ4n) is 0.389. The summed E-state index contributed by atoms with van der Waals surface area (Å²) in [7, 11) is 0. The Morgan fingerprint density at radius 1 is 1.88 bits per heavy atom. The first kappa shape index (κ1) is 1.56. The van der Waals surface area contributed by atoms with Crippen molar-refractivity contribution < 1.29 is 13.0 Å². The van der Waals surface area contributed by atoms with Crippen LogP contribution < -0.4 is 0 Å². The predicted molar refractivity (Wildman–Crippen MR) is 32.5 cm³/mol. The van der Waals surface area contributed by atoms with Crippen molar-refractivity contribution in [2.75, 3.05) is 0 Å². The minimum Gasteiger partial charge on any atom is -0.295 e. The number of carbonyl (C=O) groups is 1. The molecule has 0 heterocycles. The quantitative estimate of drug-likeness (QED) is 0.466. The maximum atomic E-state index is 11.0. The van der Waals surface area contributed by atoms with E-state index in [4.69, 9.17) is 8.22 Å². The minimum absolute atomic E-state index is 0.379. The SMILES string of the molecule is [2H]C1=C(C([2H])([2H])[2H])C([2H])=C([2H])C(=O)C1. The van der Waals surface area contributed by atoms with Crippen LogP contribution in [-0.2, 0) is 4.79 Å². The summed E-state index contributed by atoms with van der Waals surface area (Å²) in [6.07, 6.45) is -0.394. The van der Waals surface area contributed by atoms with Crippen LogP contribution >= 0.6 is 0 Å². The lowest BCUT2D eigenvalue weighted by atomic mass is 10.1. The van der Waals surface area contributed by atoms with Gasteiger partial charge < -0.3 is 0 Å². The summed E-state index contributed by atoms with van der Waals surface area (Å²) in [6, 6.07) is -1.64. The minimum atomic E-state index is -2.60. The molecule has 1 heteroatoms. The first-order chi connectivity index (χ1) is 6.25. The van der Waals surface area contributed by atoms with Gasteiger partial charge in [0.2, 0.25) is 0 Å². The van der Waals surface area contributed by atoms with Crippen molar-refractivity contribution in [1.29, 1.82) is 0 Å². The van der Waals surface area contributed by atoms with E-state index in [1.54, 1.807) is 0 Å². The van der Waals surface area contributed by atoms with Gasteiger partial charge in [0.15, 0.2) is 5.78 Å². The van der Waals surface area contributed by atoms with Crippen molar-refractivity contribution in [2.45, 2.75) is 13.3 Å². The Bertz CT molecular complexity index is 348. The van der Waals surface area contributed by atoms with E-state index in [0.717, 1.165) is 0 Å². The van der Waals surface area contributed by atoms with E-state index in [1.165, 1.54) is 0 Å². The van der Waals surface area contributed by atoms with Gasteiger partial charge in [-0.1, -0.05) is 17.7 Å². The Hall–Kier alpha value is -0.850. The van der Waals surface area contributed by atoms with Crippen LogP contribution in [0.5, 0.6) is 0 Å². The van der Waals surface area contributed by atoms with Crippen LogP contribution in [0.15, 0.2) is 23.7 Å². The lowest BCUT2D eigenvalue weighted by Gasteiger charge is -1.96. The lowest BCUT2D eigenvalue weighted by molar-refractivity contribution is -0.113. The molecule has 42 valence electrons. The number of carbonyl (C=O) groups excluding carboxylic acids is 1. The van der Waals surface area contributed by atoms with E-state index in [-0.39, 0.29) is 6.05 Å². The molecule has 0 amide bonds. The van der Waals surface area contributed by atoms with Gasteiger partial charge in [-0.05, 0) is 12.9 Å². The summed E-state index contributed by atoms with van der Waals surface area (Å²) >= 11 is 0. The van der Waals surface area contributed by atoms with Gasteiger partial charge in [-0.2, -0.15) is 0 Å². The first-order valence-corrected chi connectivity index (χ1v) is 2.16. The summed E-state index contributed by atoms with van der Waals surface area (Å²) in [6.45, 7) is -2.60. The second-order valence-corrected chi connectivity index (χ2v) is 1.40. The Kier molecular flexibility index (Phi) is 0.381. The van der Waals surface area contributed by atoms with Crippen LogP contribution in [-0.4, -0.2) is 5.78 Å². The summed E-state index contributed by atoms with van der Waals surface area (Å²) in [5, 5.41) is 0. The molecule has 0 bridgehead atoms. The monoisotopic (exact) mass is 114 g/mol. The molecule has 0 fully saturated rings. The van der Waals surface area contributed by atoms with Gasteiger partial charge in [0.25, 0.3) is 0 Å². The standard InChI is InChI=1S/C7H8O/c1-6-2-4-7(8)5-3-6/h2-4H,5H2,1H3/i1D3,2D,3D,4D. The zero-order chi connectivity index (χ0) is 11.1. The number of rotatable bonds is 0. The Balaban J connectivity index is 3.31. The highest BCUT2D eigenvalue weighted by molar-refractivity contribution is 5.92. The summed E-state index contributed by atoms with van der Waals surface area (Å²) in [4.78, 5) is 11.0. The lowest BCUT2D eigenvalue weighted by Crippen LogP contribution is -1.93. The summed E-state index contributed by atoms with van der Waals surface area (Å²) < 4.78 is 42.9. The van der Waals surface area contributed by atoms with Gasteiger partial charge in [0.05, 0.1) is 4.11 Å². The van der Waals surface area contributed by atoms with E-state index >= 15 is 0 Å². The molecule has 0 aromatic heterocycles. The third kappa shape index (κ3) is 1.06. The molecule has 1 nitrogen and oxygen atoms in total. The van der Waals surface area contributed by atoms with Crippen LogP contribution in [0.4, 0.5) is 0 Å². The zero-order valence-corrected chi connectivity index (χ0v) is 4.12. The van der Waals surface area contributed by atoms with Crippen LogP contribution in [0.2, 0.25) is 0 Å². The van der Waals surface area contributed by atoms with Crippen molar-refractivity contribution in [3.05, 3.63) is 23.7 Å². The molecule has 8 heavy (non-hydrogen) atoms. The number of hydrogen-bond donors (Lipinski definition) is 0. The normalized spacial score (nSPS) is 34.8. The molecule has 0 unspecified atom stereocenters. The Labute approximate surface area is 57.1 Å². The fraction of sp³-hybridized carbons (Fsp3) is 0.286. The highest BCUT2D eigenvalue weighted by Crippen LogP contribution is 2.04. The number of hydrogen-bond acceptors (Lipinski definition) is 1. The van der Waals surface area contributed by atoms with Crippen LogP contribution in [0, 0.1) is 0 Å². The zero-order valence-electron chi connectivity index (χ0n) is 10.1. The maximum Gasteiger partial charge on any atom is 0.159 e. The van der Waals surface area contributed by atoms with Crippen molar-refractivity contribution in [2.24, 2.45) is 0 Å². The molecule has 1 aliphatic carbocycles. The summed E-state index contributed by atoms with van der Waals surface area (Å²) in [5.74, 6) is -0.673. The van der Waals surface area contributed by atoms with Gasteiger partial charge in [-0.25, -0.2) is 0 Å². The second kappa shape index (κ2) is 1.95. The molecule has 0 aromatic rings. The molecular weight excluding hydrogens is 100 g/mol. The average molecular weight is 114 g/mol. The summed E-state index contributed by atoms with van der Waals surface area (Å²) in [5.41, 5.74) is -0.484. The van der Waals surface area contributed by atoms with Gasteiger partial charge >= 0.3 is 0 Å².